The fourth-order valence-corrected chi connectivity index (χ4v) is 5.31. The van der Waals surface area contributed by atoms with Gasteiger partial charge in [-0.2, -0.15) is 0 Å². The summed E-state index contributed by atoms with van der Waals surface area (Å²) in [4.78, 5) is 0. The predicted molar refractivity (Wildman–Crippen MR) is 153 cm³/mol. The largest absolute Gasteiger partial charge is 0.211 e. The molecular weight excluding hydrogens is 446 g/mol. The lowest BCUT2D eigenvalue weighted by Gasteiger charge is -2.23. The highest BCUT2D eigenvalue weighted by molar-refractivity contribution is 6.01. The predicted octanol–water partition coefficient (Wildman–Crippen LogP) is 9.26. The molecule has 0 aliphatic heterocycles. The molecule has 1 aliphatic carbocycles. The lowest BCUT2D eigenvalue weighted by Crippen LogP contribution is -2.32. The van der Waals surface area contributed by atoms with Crippen molar-refractivity contribution in [2.24, 2.45) is 0 Å². The van der Waals surface area contributed by atoms with Gasteiger partial charge in [-0.3, -0.25) is 0 Å². The maximum atomic E-state index is 14.7. The van der Waals surface area contributed by atoms with Gasteiger partial charge in [0.05, 0.1) is 0 Å². The zero-order chi connectivity index (χ0) is 25.8. The minimum absolute atomic E-state index is 0.121. The van der Waals surface area contributed by atoms with E-state index in [-0.39, 0.29) is 23.7 Å². The smallest absolute Gasteiger partial charge is 0.125 e. The summed E-state index contributed by atoms with van der Waals surface area (Å²) in [6, 6.07) is 23.3. The number of fused-ring (bicyclic) bond motifs is 2. The topological polar surface area (TPSA) is 0 Å². The van der Waals surface area contributed by atoms with Crippen LogP contribution in [0.3, 0.4) is 0 Å². The molecule has 2 heteroatoms. The van der Waals surface area contributed by atoms with Crippen LogP contribution in [0.4, 0.5) is 8.78 Å². The van der Waals surface area contributed by atoms with E-state index in [0.29, 0.717) is 0 Å². The van der Waals surface area contributed by atoms with Gasteiger partial charge in [-0.15, -0.1) is 0 Å². The first-order chi connectivity index (χ1) is 17.5. The van der Waals surface area contributed by atoms with Gasteiger partial charge in [0.2, 0.25) is 0 Å². The van der Waals surface area contributed by atoms with Crippen LogP contribution in [0.25, 0.3) is 44.8 Å². The molecule has 1 unspecified atom stereocenters. The van der Waals surface area contributed by atoms with Crippen molar-refractivity contribution >= 4 is 33.7 Å². The van der Waals surface area contributed by atoms with E-state index in [1.807, 2.05) is 32.9 Å². The van der Waals surface area contributed by atoms with Crippen LogP contribution < -0.4 is 10.4 Å². The van der Waals surface area contributed by atoms with Gasteiger partial charge in [-0.1, -0.05) is 93.6 Å². The lowest BCUT2D eigenvalue weighted by molar-refractivity contribution is 0.521. The number of benzene rings is 4. The minimum atomic E-state index is -0.459. The Morgan fingerprint density at radius 1 is 0.861 bits per heavy atom. The molecule has 4 aromatic rings. The summed E-state index contributed by atoms with van der Waals surface area (Å²) in [6.07, 6.45) is 6.99. The van der Waals surface area contributed by atoms with Crippen molar-refractivity contribution in [3.63, 3.8) is 0 Å². The molecule has 0 saturated heterocycles. The number of allylic oxidation sites excluding steroid dienone is 4. The Hall–Kier alpha value is -3.52. The van der Waals surface area contributed by atoms with Gasteiger partial charge in [0.25, 0.3) is 0 Å². The average molecular weight is 481 g/mol. The molecule has 0 aromatic heterocycles. The van der Waals surface area contributed by atoms with E-state index in [2.05, 4.69) is 73.7 Å². The third-order valence-electron chi connectivity index (χ3n) is 6.95. The summed E-state index contributed by atoms with van der Waals surface area (Å²) in [5.41, 5.74) is 3.44. The first-order valence-corrected chi connectivity index (χ1v) is 13.0. The maximum absolute atomic E-state index is 14.7. The number of halogens is 2. The highest BCUT2D eigenvalue weighted by Crippen LogP contribution is 2.38. The summed E-state index contributed by atoms with van der Waals surface area (Å²) in [6.45, 7) is 9.66. The third-order valence-corrected chi connectivity index (χ3v) is 6.95. The quantitative estimate of drug-likeness (QED) is 0.274. The number of hydrogen-bond acceptors (Lipinski definition) is 0. The first kappa shape index (κ1) is 25.6. The second-order valence-corrected chi connectivity index (χ2v) is 8.98. The van der Waals surface area contributed by atoms with Crippen LogP contribution in [0.1, 0.15) is 58.9 Å². The van der Waals surface area contributed by atoms with Gasteiger partial charge in [-0.05, 0) is 81.1 Å². The fraction of sp³-hybridized carbons (Fsp3) is 0.235. The molecule has 4 aromatic carbocycles. The molecule has 0 amide bonds. The Balaban J connectivity index is 0.00000148. The summed E-state index contributed by atoms with van der Waals surface area (Å²) in [5, 5.41) is 6.75. The van der Waals surface area contributed by atoms with Gasteiger partial charge >= 0.3 is 0 Å². The van der Waals surface area contributed by atoms with Crippen LogP contribution in [0.2, 0.25) is 0 Å². The molecule has 184 valence electrons. The number of hydrogen-bond donors (Lipinski definition) is 0. The molecule has 0 radical (unpaired) electrons. The van der Waals surface area contributed by atoms with E-state index in [4.69, 9.17) is 0 Å². The van der Waals surface area contributed by atoms with Crippen molar-refractivity contribution in [3.05, 3.63) is 106 Å². The van der Waals surface area contributed by atoms with Gasteiger partial charge in [0.1, 0.15) is 11.7 Å². The second kappa shape index (κ2) is 11.0. The SMILES string of the molecule is C/C=c1/c(C2C=C(F)C(C)=C(F)C2)c2ccccc2c(-c2ccc3ccccc3c2)/c1=C/CC.CC. The highest BCUT2D eigenvalue weighted by Gasteiger charge is 2.25. The molecule has 0 fully saturated rings. The van der Waals surface area contributed by atoms with E-state index < -0.39 is 5.83 Å². The van der Waals surface area contributed by atoms with Gasteiger partial charge in [0.15, 0.2) is 0 Å². The van der Waals surface area contributed by atoms with Crippen molar-refractivity contribution in [2.45, 2.75) is 53.4 Å². The van der Waals surface area contributed by atoms with E-state index in [9.17, 15) is 8.78 Å². The monoisotopic (exact) mass is 480 g/mol. The molecule has 0 bridgehead atoms. The van der Waals surface area contributed by atoms with E-state index in [1.54, 1.807) is 6.08 Å². The standard InChI is InChI=1S/C32H28F2.C2H6/c1-4-10-26-25(5-2)32(24-18-29(33)20(3)30(34)19-24)28-14-9-8-13-27(28)31(26)23-16-15-21-11-6-7-12-22(21)17-23;1-2/h5-18,24H,4,19H2,1-3H3;1-2H3/b25-5+,26-10+;. The van der Waals surface area contributed by atoms with Crippen molar-refractivity contribution < 1.29 is 8.78 Å². The van der Waals surface area contributed by atoms with Gasteiger partial charge < -0.3 is 0 Å². The Kier molecular flexibility index (Phi) is 7.84. The molecule has 1 aliphatic rings. The summed E-state index contributed by atoms with van der Waals surface area (Å²) in [7, 11) is 0. The van der Waals surface area contributed by atoms with Crippen LogP contribution >= 0.6 is 0 Å². The van der Waals surface area contributed by atoms with E-state index in [0.717, 1.165) is 38.8 Å². The third kappa shape index (κ3) is 4.53. The Labute approximate surface area is 213 Å². The van der Waals surface area contributed by atoms with Crippen molar-refractivity contribution in [1.29, 1.82) is 0 Å². The van der Waals surface area contributed by atoms with E-state index >= 15 is 0 Å². The number of rotatable bonds is 3. The Morgan fingerprint density at radius 3 is 2.19 bits per heavy atom. The zero-order valence-corrected chi connectivity index (χ0v) is 21.8. The Bertz CT molecular complexity index is 1600. The van der Waals surface area contributed by atoms with Crippen molar-refractivity contribution in [1.82, 2.24) is 0 Å². The van der Waals surface area contributed by atoms with Crippen LogP contribution in [-0.2, 0) is 0 Å². The Morgan fingerprint density at radius 2 is 1.53 bits per heavy atom. The zero-order valence-electron chi connectivity index (χ0n) is 21.8. The van der Waals surface area contributed by atoms with Crippen LogP contribution in [-0.4, -0.2) is 0 Å². The maximum Gasteiger partial charge on any atom is 0.125 e. The van der Waals surface area contributed by atoms with Crippen molar-refractivity contribution in [3.8, 4) is 11.1 Å². The summed E-state index contributed by atoms with van der Waals surface area (Å²) >= 11 is 0. The van der Waals surface area contributed by atoms with Crippen LogP contribution in [0, 0.1) is 0 Å². The van der Waals surface area contributed by atoms with Crippen LogP contribution in [0.5, 0.6) is 0 Å². The molecule has 1 atom stereocenters. The van der Waals surface area contributed by atoms with Gasteiger partial charge in [0, 0.05) is 17.9 Å². The van der Waals surface area contributed by atoms with Gasteiger partial charge in [-0.25, -0.2) is 8.78 Å². The minimum Gasteiger partial charge on any atom is -0.211 e. The molecule has 0 spiro atoms. The summed E-state index contributed by atoms with van der Waals surface area (Å²) in [5.74, 6) is -1.18. The second-order valence-electron chi connectivity index (χ2n) is 8.98. The van der Waals surface area contributed by atoms with Crippen molar-refractivity contribution in [2.75, 3.05) is 0 Å². The molecular formula is C34H34F2. The van der Waals surface area contributed by atoms with Crippen LogP contribution in [0.15, 0.2) is 90.0 Å². The summed E-state index contributed by atoms with van der Waals surface area (Å²) < 4.78 is 29.4. The fourth-order valence-electron chi connectivity index (χ4n) is 5.31. The molecule has 0 heterocycles. The normalized spacial score (nSPS) is 16.9. The first-order valence-electron chi connectivity index (χ1n) is 13.0. The lowest BCUT2D eigenvalue weighted by atomic mass is 9.81. The molecule has 36 heavy (non-hydrogen) atoms. The molecule has 5 rings (SSSR count). The highest BCUT2D eigenvalue weighted by atomic mass is 19.1. The average Bonchev–Trinajstić information content (AvgIpc) is 2.91. The van der Waals surface area contributed by atoms with E-state index in [1.165, 1.54) is 23.3 Å². The molecule has 0 nitrogen and oxygen atoms in total. The molecule has 0 N–H and O–H groups in total. The molecule has 0 saturated carbocycles.